The van der Waals surface area contributed by atoms with Gasteiger partial charge in [0.2, 0.25) is 0 Å². The van der Waals surface area contributed by atoms with Crippen molar-refractivity contribution in [3.63, 3.8) is 0 Å². The summed E-state index contributed by atoms with van der Waals surface area (Å²) in [6.45, 7) is 12.2. The first-order chi connectivity index (χ1) is 17.8. The second kappa shape index (κ2) is 13.0. The first-order valence-corrected chi connectivity index (χ1v) is 16.0. The van der Waals surface area contributed by atoms with Crippen molar-refractivity contribution in [2.24, 2.45) is 57.8 Å². The molecule has 10 atom stereocenters. The van der Waals surface area contributed by atoms with Crippen LogP contribution in [0.4, 0.5) is 0 Å². The van der Waals surface area contributed by atoms with Crippen molar-refractivity contribution in [1.82, 2.24) is 4.90 Å². The van der Waals surface area contributed by atoms with E-state index in [4.69, 9.17) is 20.9 Å². The summed E-state index contributed by atoms with van der Waals surface area (Å²) in [5.74, 6) is 4.89. The van der Waals surface area contributed by atoms with Gasteiger partial charge in [0.1, 0.15) is 0 Å². The van der Waals surface area contributed by atoms with Gasteiger partial charge in [0.05, 0.1) is 12.2 Å². The lowest BCUT2D eigenvalue weighted by atomic mass is 9.43. The molecule has 0 aromatic rings. The van der Waals surface area contributed by atoms with E-state index < -0.39 is 0 Å². The molecule has 0 amide bonds. The highest BCUT2D eigenvalue weighted by molar-refractivity contribution is 5.13. The van der Waals surface area contributed by atoms with E-state index in [1.54, 1.807) is 0 Å². The SMILES string of the molecule is C[C@H](CCCN(C)C)[C@H]1CC[C@H]2[C@@H]3CC[C@@H]4C[C@H](OCCCN)CC[C@]4(C)[C@H]3C[C@H](OCCCN)[C@]12C. The number of nitrogens with two attached hydrogens (primary N) is 2. The molecule has 0 spiro atoms. The Hall–Kier alpha value is -0.200. The van der Waals surface area contributed by atoms with Gasteiger partial charge in [-0.15, -0.1) is 0 Å². The summed E-state index contributed by atoms with van der Waals surface area (Å²) >= 11 is 0. The Morgan fingerprint density at radius 3 is 2.30 bits per heavy atom. The van der Waals surface area contributed by atoms with Gasteiger partial charge in [-0.1, -0.05) is 20.8 Å². The quantitative estimate of drug-likeness (QED) is 0.305. The van der Waals surface area contributed by atoms with Gasteiger partial charge in [0, 0.05) is 13.2 Å². The Bertz CT molecular complexity index is 704. The number of nitrogens with zero attached hydrogens (tertiary/aromatic N) is 1. The first kappa shape index (κ1) is 29.8. The fourth-order valence-corrected chi connectivity index (χ4v) is 10.1. The van der Waals surface area contributed by atoms with Gasteiger partial charge < -0.3 is 25.8 Å². The van der Waals surface area contributed by atoms with E-state index in [9.17, 15) is 0 Å². The molecule has 0 heterocycles. The van der Waals surface area contributed by atoms with E-state index in [-0.39, 0.29) is 0 Å². The smallest absolute Gasteiger partial charge is 0.0637 e. The van der Waals surface area contributed by atoms with Gasteiger partial charge in [-0.25, -0.2) is 0 Å². The summed E-state index contributed by atoms with van der Waals surface area (Å²) in [4.78, 5) is 2.34. The van der Waals surface area contributed by atoms with Crippen molar-refractivity contribution in [3.8, 4) is 0 Å². The zero-order valence-electron chi connectivity index (χ0n) is 25.1. The molecule has 0 saturated heterocycles. The van der Waals surface area contributed by atoms with Crippen LogP contribution in [-0.2, 0) is 9.47 Å². The molecule has 0 bridgehead atoms. The molecule has 0 radical (unpaired) electrons. The largest absolute Gasteiger partial charge is 0.378 e. The molecular formula is C32H61N3O2. The average Bonchev–Trinajstić information content (AvgIpc) is 3.23. The molecule has 0 aromatic carbocycles. The average molecular weight is 520 g/mol. The van der Waals surface area contributed by atoms with Crippen molar-refractivity contribution >= 4 is 0 Å². The summed E-state index contributed by atoms with van der Waals surface area (Å²) < 4.78 is 13.2. The van der Waals surface area contributed by atoms with Crippen molar-refractivity contribution in [2.45, 2.75) is 110 Å². The molecule has 216 valence electrons. The molecule has 4 aliphatic carbocycles. The van der Waals surface area contributed by atoms with E-state index in [0.29, 0.717) is 23.0 Å². The van der Waals surface area contributed by atoms with E-state index in [0.717, 1.165) is 74.7 Å². The van der Waals surface area contributed by atoms with Crippen LogP contribution in [0.1, 0.15) is 97.8 Å². The second-order valence-corrected chi connectivity index (χ2v) is 14.3. The lowest BCUT2D eigenvalue weighted by molar-refractivity contribution is -0.192. The molecule has 0 unspecified atom stereocenters. The van der Waals surface area contributed by atoms with E-state index in [2.05, 4.69) is 39.8 Å². The van der Waals surface area contributed by atoms with Crippen LogP contribution >= 0.6 is 0 Å². The van der Waals surface area contributed by atoms with Gasteiger partial charge in [0.15, 0.2) is 0 Å². The summed E-state index contributed by atoms with van der Waals surface area (Å²) in [6, 6.07) is 0. The van der Waals surface area contributed by atoms with Crippen molar-refractivity contribution in [2.75, 3.05) is 46.9 Å². The minimum absolute atomic E-state index is 0.318. The van der Waals surface area contributed by atoms with Crippen LogP contribution in [-0.4, -0.2) is 64.1 Å². The summed E-state index contributed by atoms with van der Waals surface area (Å²) in [7, 11) is 4.41. The number of ether oxygens (including phenoxy) is 2. The van der Waals surface area contributed by atoms with Gasteiger partial charge in [-0.05, 0) is 157 Å². The van der Waals surface area contributed by atoms with Crippen molar-refractivity contribution < 1.29 is 9.47 Å². The van der Waals surface area contributed by atoms with Crippen molar-refractivity contribution in [3.05, 3.63) is 0 Å². The Labute approximate surface area is 229 Å². The third-order valence-electron chi connectivity index (χ3n) is 12.1. The van der Waals surface area contributed by atoms with E-state index in [1.807, 2.05) is 0 Å². The van der Waals surface area contributed by atoms with Crippen LogP contribution in [0.3, 0.4) is 0 Å². The summed E-state index contributed by atoms with van der Waals surface area (Å²) in [5.41, 5.74) is 12.4. The standard InChI is InChI=1S/C32H61N3O2/c1-23(9-6-18-35(4)5)27-12-13-28-26-11-10-24-21-25(36-19-7-16-33)14-15-31(24,2)29(26)22-30(32(27,28)3)37-20-8-17-34/h23-30H,6-22,33-34H2,1-5H3/t23-,24-,25-,26+,27-,28+,29+,30+,31+,32-/m1/s1. The number of hydrogen-bond donors (Lipinski definition) is 2. The van der Waals surface area contributed by atoms with Crippen LogP contribution in [0, 0.1) is 46.3 Å². The molecular weight excluding hydrogens is 458 g/mol. The molecule has 4 N–H and O–H groups in total. The molecule has 4 saturated carbocycles. The molecule has 0 aromatic heterocycles. The van der Waals surface area contributed by atoms with Crippen LogP contribution in [0.5, 0.6) is 0 Å². The Morgan fingerprint density at radius 1 is 0.865 bits per heavy atom. The predicted octanol–water partition coefficient (Wildman–Crippen LogP) is 5.70. The Balaban J connectivity index is 1.51. The van der Waals surface area contributed by atoms with E-state index in [1.165, 1.54) is 70.8 Å². The molecule has 37 heavy (non-hydrogen) atoms. The van der Waals surface area contributed by atoms with Crippen LogP contribution < -0.4 is 11.5 Å². The maximum absolute atomic E-state index is 6.90. The number of fused-ring (bicyclic) bond motifs is 5. The molecule has 4 aliphatic rings. The topological polar surface area (TPSA) is 73.7 Å². The van der Waals surface area contributed by atoms with Crippen LogP contribution in [0.15, 0.2) is 0 Å². The fraction of sp³-hybridized carbons (Fsp3) is 1.00. The van der Waals surface area contributed by atoms with Crippen LogP contribution in [0.2, 0.25) is 0 Å². The third kappa shape index (κ3) is 6.11. The Morgan fingerprint density at radius 2 is 1.59 bits per heavy atom. The first-order valence-electron chi connectivity index (χ1n) is 16.0. The monoisotopic (exact) mass is 519 g/mol. The minimum Gasteiger partial charge on any atom is -0.378 e. The fourth-order valence-electron chi connectivity index (χ4n) is 10.1. The molecule has 5 nitrogen and oxygen atoms in total. The van der Waals surface area contributed by atoms with Crippen molar-refractivity contribution in [1.29, 1.82) is 0 Å². The highest BCUT2D eigenvalue weighted by Crippen LogP contribution is 2.69. The van der Waals surface area contributed by atoms with Gasteiger partial charge in [-0.3, -0.25) is 0 Å². The molecule has 4 rings (SSSR count). The zero-order valence-corrected chi connectivity index (χ0v) is 25.1. The second-order valence-electron chi connectivity index (χ2n) is 14.3. The predicted molar refractivity (Wildman–Crippen MR) is 154 cm³/mol. The third-order valence-corrected chi connectivity index (χ3v) is 12.1. The van der Waals surface area contributed by atoms with Crippen LogP contribution in [0.25, 0.3) is 0 Å². The molecule has 5 heteroatoms. The van der Waals surface area contributed by atoms with Gasteiger partial charge >= 0.3 is 0 Å². The summed E-state index contributed by atoms with van der Waals surface area (Å²) in [5, 5.41) is 0. The Kier molecular flexibility index (Phi) is 10.4. The minimum atomic E-state index is 0.318. The number of rotatable bonds is 13. The molecule has 4 fully saturated rings. The normalized spacial score (nSPS) is 42.3. The maximum Gasteiger partial charge on any atom is 0.0637 e. The summed E-state index contributed by atoms with van der Waals surface area (Å²) in [6.07, 6.45) is 16.2. The lowest BCUT2D eigenvalue weighted by Gasteiger charge is -2.63. The highest BCUT2D eigenvalue weighted by atomic mass is 16.5. The molecule has 0 aliphatic heterocycles. The lowest BCUT2D eigenvalue weighted by Crippen LogP contribution is -2.59. The maximum atomic E-state index is 6.90. The zero-order chi connectivity index (χ0) is 26.6. The van der Waals surface area contributed by atoms with Gasteiger partial charge in [-0.2, -0.15) is 0 Å². The number of hydrogen-bond acceptors (Lipinski definition) is 5. The van der Waals surface area contributed by atoms with E-state index >= 15 is 0 Å². The van der Waals surface area contributed by atoms with Gasteiger partial charge in [0.25, 0.3) is 0 Å². The highest BCUT2D eigenvalue weighted by Gasteiger charge is 2.64.